The molecule has 5 nitrogen and oxygen atoms in total. The molecule has 0 aliphatic heterocycles. The molecule has 1 amide bonds. The standard InChI is InChI=1S/C18H15N3O2/c1-11-16(14-7-4-8-15(23-2)17(14)20-11)18(22)21-13-6-3-5-12(9-13)10-19/h3-9,20H,1-2H3,(H,21,22). The predicted octanol–water partition coefficient (Wildman–Crippen LogP) is 3.61. The Hall–Kier alpha value is -3.26. The molecule has 0 fully saturated rings. The van der Waals surface area contributed by atoms with Gasteiger partial charge in [-0.05, 0) is 31.2 Å². The van der Waals surface area contributed by atoms with Gasteiger partial charge in [-0.25, -0.2) is 0 Å². The minimum Gasteiger partial charge on any atom is -0.495 e. The number of nitrogens with zero attached hydrogens (tertiary/aromatic N) is 1. The molecule has 2 aromatic carbocycles. The molecule has 3 aromatic rings. The fraction of sp³-hybridized carbons (Fsp3) is 0.111. The van der Waals surface area contributed by atoms with Crippen LogP contribution in [0.1, 0.15) is 21.6 Å². The molecular weight excluding hydrogens is 290 g/mol. The summed E-state index contributed by atoms with van der Waals surface area (Å²) in [6, 6.07) is 14.4. The number of carbonyl (C=O) groups is 1. The zero-order chi connectivity index (χ0) is 16.4. The van der Waals surface area contributed by atoms with Gasteiger partial charge in [0, 0.05) is 16.8 Å². The Morgan fingerprint density at radius 2 is 2.04 bits per heavy atom. The summed E-state index contributed by atoms with van der Waals surface area (Å²) in [6.45, 7) is 1.85. The van der Waals surface area contributed by atoms with E-state index in [1.165, 1.54) is 0 Å². The van der Waals surface area contributed by atoms with Gasteiger partial charge in [0.2, 0.25) is 0 Å². The first kappa shape index (κ1) is 14.7. The van der Waals surface area contributed by atoms with E-state index in [4.69, 9.17) is 10.00 Å². The third kappa shape index (κ3) is 2.62. The number of anilines is 1. The number of aromatic nitrogens is 1. The summed E-state index contributed by atoms with van der Waals surface area (Å²) in [7, 11) is 1.60. The van der Waals surface area contributed by atoms with Crippen molar-refractivity contribution in [2.45, 2.75) is 6.92 Å². The number of fused-ring (bicyclic) bond motifs is 1. The first-order valence-corrected chi connectivity index (χ1v) is 7.11. The average Bonchev–Trinajstić information content (AvgIpc) is 2.90. The molecule has 0 spiro atoms. The molecule has 2 N–H and O–H groups in total. The second-order valence-electron chi connectivity index (χ2n) is 5.15. The molecule has 5 heteroatoms. The summed E-state index contributed by atoms with van der Waals surface area (Å²) >= 11 is 0. The molecule has 114 valence electrons. The largest absolute Gasteiger partial charge is 0.495 e. The first-order chi connectivity index (χ1) is 11.1. The van der Waals surface area contributed by atoms with E-state index in [-0.39, 0.29) is 5.91 Å². The maximum absolute atomic E-state index is 12.7. The van der Waals surface area contributed by atoms with E-state index < -0.39 is 0 Å². The van der Waals surface area contributed by atoms with Gasteiger partial charge in [0.15, 0.2) is 0 Å². The van der Waals surface area contributed by atoms with Crippen LogP contribution in [0.5, 0.6) is 5.75 Å². The molecule has 0 bridgehead atoms. The van der Waals surface area contributed by atoms with Crippen molar-refractivity contribution in [3.8, 4) is 11.8 Å². The van der Waals surface area contributed by atoms with Gasteiger partial charge in [-0.1, -0.05) is 18.2 Å². The number of benzene rings is 2. The normalized spacial score (nSPS) is 10.3. The van der Waals surface area contributed by atoms with Gasteiger partial charge in [-0.15, -0.1) is 0 Å². The lowest BCUT2D eigenvalue weighted by Gasteiger charge is -2.06. The van der Waals surface area contributed by atoms with Gasteiger partial charge in [0.25, 0.3) is 5.91 Å². The van der Waals surface area contributed by atoms with Crippen molar-refractivity contribution in [1.29, 1.82) is 5.26 Å². The van der Waals surface area contributed by atoms with Crippen LogP contribution in [0.15, 0.2) is 42.5 Å². The lowest BCUT2D eigenvalue weighted by molar-refractivity contribution is 0.102. The SMILES string of the molecule is COc1cccc2c(C(=O)Nc3cccc(C#N)c3)c(C)[nH]c12. The average molecular weight is 305 g/mol. The fourth-order valence-electron chi connectivity index (χ4n) is 2.64. The van der Waals surface area contributed by atoms with Crippen LogP contribution in [-0.2, 0) is 0 Å². The number of hydrogen-bond acceptors (Lipinski definition) is 3. The van der Waals surface area contributed by atoms with Gasteiger partial charge in [0.1, 0.15) is 5.75 Å². The number of aryl methyl sites for hydroxylation is 1. The summed E-state index contributed by atoms with van der Waals surface area (Å²) in [5.41, 5.74) is 3.22. The van der Waals surface area contributed by atoms with Crippen molar-refractivity contribution in [3.05, 3.63) is 59.3 Å². The van der Waals surface area contributed by atoms with Gasteiger partial charge >= 0.3 is 0 Å². The van der Waals surface area contributed by atoms with Crippen LogP contribution >= 0.6 is 0 Å². The Balaban J connectivity index is 2.01. The van der Waals surface area contributed by atoms with Crippen LogP contribution in [-0.4, -0.2) is 18.0 Å². The maximum Gasteiger partial charge on any atom is 0.258 e. The van der Waals surface area contributed by atoms with Gasteiger partial charge in [-0.3, -0.25) is 4.79 Å². The van der Waals surface area contributed by atoms with Gasteiger partial charge in [-0.2, -0.15) is 5.26 Å². The van der Waals surface area contributed by atoms with Crippen LogP contribution < -0.4 is 10.1 Å². The number of H-pyrrole nitrogens is 1. The van der Waals surface area contributed by atoms with E-state index in [0.717, 1.165) is 16.6 Å². The third-order valence-electron chi connectivity index (χ3n) is 3.68. The number of carbonyl (C=O) groups excluding carboxylic acids is 1. The summed E-state index contributed by atoms with van der Waals surface area (Å²) in [6.07, 6.45) is 0. The maximum atomic E-state index is 12.7. The second-order valence-corrected chi connectivity index (χ2v) is 5.15. The summed E-state index contributed by atoms with van der Waals surface area (Å²) in [5, 5.41) is 12.6. The smallest absolute Gasteiger partial charge is 0.258 e. The van der Waals surface area contributed by atoms with Crippen molar-refractivity contribution >= 4 is 22.5 Å². The fourth-order valence-corrected chi connectivity index (χ4v) is 2.64. The van der Waals surface area contributed by atoms with Crippen molar-refractivity contribution in [2.75, 3.05) is 12.4 Å². The molecule has 0 atom stereocenters. The van der Waals surface area contributed by atoms with Crippen LogP contribution in [0.4, 0.5) is 5.69 Å². The third-order valence-corrected chi connectivity index (χ3v) is 3.68. The van der Waals surface area contributed by atoms with Crippen LogP contribution in [0, 0.1) is 18.3 Å². The molecule has 0 aliphatic carbocycles. The number of amides is 1. The monoisotopic (exact) mass is 305 g/mol. The van der Waals surface area contributed by atoms with E-state index >= 15 is 0 Å². The highest BCUT2D eigenvalue weighted by atomic mass is 16.5. The molecule has 0 radical (unpaired) electrons. The van der Waals surface area contributed by atoms with E-state index in [1.807, 2.05) is 25.1 Å². The number of nitrogens with one attached hydrogen (secondary N) is 2. The summed E-state index contributed by atoms with van der Waals surface area (Å²) < 4.78 is 5.33. The molecule has 23 heavy (non-hydrogen) atoms. The Morgan fingerprint density at radius 3 is 2.78 bits per heavy atom. The lowest BCUT2D eigenvalue weighted by Crippen LogP contribution is -2.12. The predicted molar refractivity (Wildman–Crippen MR) is 88.7 cm³/mol. The minimum absolute atomic E-state index is 0.225. The number of aromatic amines is 1. The highest BCUT2D eigenvalue weighted by Gasteiger charge is 2.18. The summed E-state index contributed by atoms with van der Waals surface area (Å²) in [5.74, 6) is 0.466. The number of ether oxygens (including phenoxy) is 1. The van der Waals surface area contributed by atoms with E-state index in [0.29, 0.717) is 22.6 Å². The lowest BCUT2D eigenvalue weighted by atomic mass is 10.1. The molecule has 0 saturated carbocycles. The molecule has 3 rings (SSSR count). The first-order valence-electron chi connectivity index (χ1n) is 7.11. The van der Waals surface area contributed by atoms with Gasteiger partial charge < -0.3 is 15.0 Å². The zero-order valence-electron chi connectivity index (χ0n) is 12.8. The Kier molecular flexibility index (Phi) is 3.73. The van der Waals surface area contributed by atoms with Crippen molar-refractivity contribution in [1.82, 2.24) is 4.98 Å². The van der Waals surface area contributed by atoms with Crippen LogP contribution in [0.2, 0.25) is 0 Å². The Labute approximate surface area is 133 Å². The van der Waals surface area contributed by atoms with Gasteiger partial charge in [0.05, 0.1) is 29.8 Å². The molecular formula is C18H15N3O2. The quantitative estimate of drug-likeness (QED) is 0.776. The molecule has 0 aliphatic rings. The number of rotatable bonds is 3. The Morgan fingerprint density at radius 1 is 1.26 bits per heavy atom. The van der Waals surface area contributed by atoms with Crippen molar-refractivity contribution < 1.29 is 9.53 Å². The van der Waals surface area contributed by atoms with Crippen molar-refractivity contribution in [3.63, 3.8) is 0 Å². The van der Waals surface area contributed by atoms with Crippen LogP contribution in [0.3, 0.4) is 0 Å². The number of nitriles is 1. The van der Waals surface area contributed by atoms with Crippen LogP contribution in [0.25, 0.3) is 10.9 Å². The zero-order valence-corrected chi connectivity index (χ0v) is 12.8. The molecule has 1 aromatic heterocycles. The molecule has 0 saturated heterocycles. The van der Waals surface area contributed by atoms with Crippen molar-refractivity contribution in [2.24, 2.45) is 0 Å². The number of para-hydroxylation sites is 1. The Bertz CT molecular complexity index is 935. The highest BCUT2D eigenvalue weighted by molar-refractivity contribution is 6.14. The molecule has 1 heterocycles. The number of methoxy groups -OCH3 is 1. The topological polar surface area (TPSA) is 77.9 Å². The molecule has 0 unspecified atom stereocenters. The second kappa shape index (κ2) is 5.85. The highest BCUT2D eigenvalue weighted by Crippen LogP contribution is 2.30. The van der Waals surface area contributed by atoms with E-state index in [2.05, 4.69) is 16.4 Å². The van der Waals surface area contributed by atoms with E-state index in [9.17, 15) is 4.79 Å². The summed E-state index contributed by atoms with van der Waals surface area (Å²) in [4.78, 5) is 15.9. The number of hydrogen-bond donors (Lipinski definition) is 2. The minimum atomic E-state index is -0.225. The van der Waals surface area contributed by atoms with E-state index in [1.54, 1.807) is 31.4 Å².